The molecular weight excluding hydrogens is 560 g/mol. The van der Waals surface area contributed by atoms with E-state index in [9.17, 15) is 9.59 Å². The van der Waals surface area contributed by atoms with Crippen molar-refractivity contribution in [2.75, 3.05) is 6.61 Å². The summed E-state index contributed by atoms with van der Waals surface area (Å²) in [4.78, 5) is 23.7. The zero-order chi connectivity index (χ0) is 33.3. The van der Waals surface area contributed by atoms with E-state index in [4.69, 9.17) is 14.6 Å². The molecule has 5 nitrogen and oxygen atoms in total. The Balaban J connectivity index is 1.66. The van der Waals surface area contributed by atoms with Crippen molar-refractivity contribution in [3.05, 3.63) is 106 Å². The first kappa shape index (κ1) is 35.6. The average Bonchev–Trinajstić information content (AvgIpc) is 2.93. The van der Waals surface area contributed by atoms with Crippen molar-refractivity contribution in [1.29, 1.82) is 0 Å². The van der Waals surface area contributed by atoms with Gasteiger partial charge in [0.1, 0.15) is 11.5 Å². The molecule has 1 aliphatic carbocycles. The first-order valence-electron chi connectivity index (χ1n) is 16.2. The number of allylic oxidation sites excluding steroid dienone is 7. The van der Waals surface area contributed by atoms with Crippen molar-refractivity contribution in [3.8, 4) is 11.5 Å². The molecule has 1 fully saturated rings. The van der Waals surface area contributed by atoms with Gasteiger partial charge in [-0.05, 0) is 115 Å². The van der Waals surface area contributed by atoms with Gasteiger partial charge in [0.05, 0.1) is 0 Å². The lowest BCUT2D eigenvalue weighted by Gasteiger charge is -2.41. The summed E-state index contributed by atoms with van der Waals surface area (Å²) in [6, 6.07) is 9.73. The van der Waals surface area contributed by atoms with Crippen LogP contribution in [0.2, 0.25) is 0 Å². The topological polar surface area (TPSA) is 72.8 Å². The molecule has 2 aromatic carbocycles. The van der Waals surface area contributed by atoms with Gasteiger partial charge >= 0.3 is 11.9 Å². The maximum Gasteiger partial charge on any atom is 0.341 e. The molecule has 0 aliphatic heterocycles. The quantitative estimate of drug-likeness (QED) is 0.112. The molecule has 0 amide bonds. The number of carboxylic acid groups (broad SMARTS) is 1. The molecule has 0 bridgehead atoms. The molecule has 0 radical (unpaired) electrons. The van der Waals surface area contributed by atoms with Crippen LogP contribution in [0.4, 0.5) is 0 Å². The van der Waals surface area contributed by atoms with Crippen molar-refractivity contribution in [3.63, 3.8) is 0 Å². The Morgan fingerprint density at radius 3 is 2.36 bits per heavy atom. The van der Waals surface area contributed by atoms with E-state index < -0.39 is 11.9 Å². The highest BCUT2D eigenvalue weighted by Gasteiger charge is 2.34. The van der Waals surface area contributed by atoms with E-state index in [0.717, 1.165) is 33.4 Å². The molecule has 0 heterocycles. The highest BCUT2D eigenvalue weighted by atomic mass is 16.5. The van der Waals surface area contributed by atoms with E-state index in [0.29, 0.717) is 35.2 Å². The molecule has 1 N–H and O–H groups in total. The van der Waals surface area contributed by atoms with Gasteiger partial charge in [-0.1, -0.05) is 95.5 Å². The molecule has 5 heteroatoms. The molecule has 1 aliphatic rings. The summed E-state index contributed by atoms with van der Waals surface area (Å²) in [5, 5.41) is 8.91. The van der Waals surface area contributed by atoms with Crippen LogP contribution in [0.5, 0.6) is 11.5 Å². The number of carbonyl (C=O) groups excluding carboxylic acids is 1. The second kappa shape index (κ2) is 15.9. The number of aliphatic carboxylic acids is 1. The minimum absolute atomic E-state index is 0.162. The third kappa shape index (κ3) is 10.6. The Hall–Kier alpha value is -3.86. The van der Waals surface area contributed by atoms with Gasteiger partial charge < -0.3 is 14.6 Å². The van der Waals surface area contributed by atoms with Gasteiger partial charge in [0.25, 0.3) is 0 Å². The van der Waals surface area contributed by atoms with Crippen LogP contribution in [0.3, 0.4) is 0 Å². The van der Waals surface area contributed by atoms with Gasteiger partial charge in [0.15, 0.2) is 6.61 Å². The number of hydrogen-bond acceptors (Lipinski definition) is 4. The van der Waals surface area contributed by atoms with Crippen LogP contribution >= 0.6 is 0 Å². The van der Waals surface area contributed by atoms with Gasteiger partial charge in [-0.25, -0.2) is 9.59 Å². The van der Waals surface area contributed by atoms with E-state index in [1.54, 1.807) is 0 Å². The number of carbonyl (C=O) groups is 2. The number of esters is 1. The second-order valence-corrected chi connectivity index (χ2v) is 13.7. The fourth-order valence-electron chi connectivity index (χ4n) is 6.40. The smallest absolute Gasteiger partial charge is 0.341 e. The van der Waals surface area contributed by atoms with Crippen molar-refractivity contribution in [2.45, 2.75) is 93.9 Å². The monoisotopic (exact) mass is 612 g/mol. The minimum Gasteiger partial charge on any atom is -0.482 e. The maximum atomic E-state index is 12.8. The first-order chi connectivity index (χ1) is 21.2. The molecule has 0 aromatic heterocycles. The van der Waals surface area contributed by atoms with Gasteiger partial charge in [0.2, 0.25) is 0 Å². The molecule has 45 heavy (non-hydrogen) atoms. The summed E-state index contributed by atoms with van der Waals surface area (Å²) in [6.45, 7) is 19.0. The summed E-state index contributed by atoms with van der Waals surface area (Å²) in [5.74, 6) is 1.18. The Morgan fingerprint density at radius 2 is 1.73 bits per heavy atom. The molecule has 2 aromatic rings. The Kier molecular flexibility index (Phi) is 12.6. The molecule has 2 unspecified atom stereocenters. The molecule has 0 saturated heterocycles. The third-order valence-electron chi connectivity index (χ3n) is 8.95. The fraction of sp³-hybridized carbons (Fsp3) is 0.450. The Morgan fingerprint density at radius 1 is 1.04 bits per heavy atom. The summed E-state index contributed by atoms with van der Waals surface area (Å²) >= 11 is 0. The lowest BCUT2D eigenvalue weighted by molar-refractivity contribution is -0.139. The van der Waals surface area contributed by atoms with E-state index in [-0.39, 0.29) is 12.5 Å². The van der Waals surface area contributed by atoms with Gasteiger partial charge in [-0.15, -0.1) is 0 Å². The normalized spacial score (nSPS) is 19.0. The van der Waals surface area contributed by atoms with E-state index in [1.165, 1.54) is 30.9 Å². The van der Waals surface area contributed by atoms with Crippen LogP contribution in [0.15, 0.2) is 77.9 Å². The van der Waals surface area contributed by atoms with E-state index in [2.05, 4.69) is 65.8 Å². The highest BCUT2D eigenvalue weighted by molar-refractivity contribution is 5.85. The molecule has 2 atom stereocenters. The Bertz CT molecular complexity index is 1460. The average molecular weight is 613 g/mol. The molecule has 242 valence electrons. The largest absolute Gasteiger partial charge is 0.482 e. The van der Waals surface area contributed by atoms with Crippen molar-refractivity contribution >= 4 is 11.9 Å². The van der Waals surface area contributed by atoms with Crippen molar-refractivity contribution < 1.29 is 24.2 Å². The van der Waals surface area contributed by atoms with Crippen LogP contribution in [0.1, 0.15) is 101 Å². The zero-order valence-corrected chi connectivity index (χ0v) is 28.7. The summed E-state index contributed by atoms with van der Waals surface area (Å²) in [7, 11) is 0. The number of hydrogen-bond donors (Lipinski definition) is 1. The number of benzene rings is 2. The SMILES string of the molecule is CC(/C=C/C1C(C)CCCC1(C)C)=C\C=C\C(C)=C\C(=O)Oc1ccc(Cc2c(C)cc(OCC(=O)O)cc2C)cc1C(C)C. The number of aryl methyl sites for hydroxylation is 2. The zero-order valence-electron chi connectivity index (χ0n) is 28.7. The van der Waals surface area contributed by atoms with Crippen molar-refractivity contribution in [2.24, 2.45) is 17.3 Å². The van der Waals surface area contributed by atoms with Gasteiger partial charge in [-0.2, -0.15) is 0 Å². The number of ether oxygens (including phenoxy) is 2. The van der Waals surface area contributed by atoms with Crippen LogP contribution in [0, 0.1) is 31.1 Å². The van der Waals surface area contributed by atoms with E-state index >= 15 is 0 Å². The lowest BCUT2D eigenvalue weighted by atomic mass is 9.64. The molecule has 0 spiro atoms. The minimum atomic E-state index is -1.00. The molecule has 3 rings (SSSR count). The predicted octanol–water partition coefficient (Wildman–Crippen LogP) is 9.85. The van der Waals surface area contributed by atoms with Crippen LogP contribution < -0.4 is 9.47 Å². The fourth-order valence-corrected chi connectivity index (χ4v) is 6.40. The molecular formula is C40H52O5. The highest BCUT2D eigenvalue weighted by Crippen LogP contribution is 2.44. The number of rotatable bonds is 12. The molecule has 1 saturated carbocycles. The van der Waals surface area contributed by atoms with Gasteiger partial charge in [0, 0.05) is 6.08 Å². The maximum absolute atomic E-state index is 12.8. The Labute approximate surface area is 270 Å². The third-order valence-corrected chi connectivity index (χ3v) is 8.95. The first-order valence-corrected chi connectivity index (χ1v) is 16.2. The summed E-state index contributed by atoms with van der Waals surface area (Å²) in [5.41, 5.74) is 7.66. The van der Waals surface area contributed by atoms with Gasteiger partial charge in [-0.3, -0.25) is 0 Å². The predicted molar refractivity (Wildman–Crippen MR) is 184 cm³/mol. The second-order valence-electron chi connectivity index (χ2n) is 13.7. The standard InChI is InChI=1S/C40H52O5/c1-26(2)34-23-32(24-35-30(6)21-33(22-31(35)7)44-25-38(41)42)16-18-37(34)45-39(43)20-28(4)13-10-12-27(3)15-17-36-29(5)14-11-19-40(36,8)9/h10,12-13,15-18,20-23,26,29,36H,11,14,19,24-25H2,1-9H3,(H,41,42)/b13-10+,17-15+,27-12+,28-20+. The summed E-state index contributed by atoms with van der Waals surface area (Å²) in [6.07, 6.45) is 16.7. The number of carboxylic acids is 1. The van der Waals surface area contributed by atoms with Crippen LogP contribution in [-0.4, -0.2) is 23.7 Å². The van der Waals surface area contributed by atoms with E-state index in [1.807, 2.05) is 57.2 Å². The lowest BCUT2D eigenvalue weighted by Crippen LogP contribution is -2.32. The summed E-state index contributed by atoms with van der Waals surface area (Å²) < 4.78 is 11.2. The van der Waals surface area contributed by atoms with Crippen molar-refractivity contribution in [1.82, 2.24) is 0 Å². The van der Waals surface area contributed by atoms with Crippen LogP contribution in [-0.2, 0) is 16.0 Å². The van der Waals surface area contributed by atoms with Crippen LogP contribution in [0.25, 0.3) is 0 Å².